The highest BCUT2D eigenvalue weighted by Gasteiger charge is 2.24. The van der Waals surface area contributed by atoms with Crippen LogP contribution in [0.3, 0.4) is 0 Å². The molecule has 2 aliphatic heterocycles. The minimum absolute atomic E-state index is 0.476. The number of fused-ring (bicyclic) bond motifs is 1. The first-order chi connectivity index (χ1) is 17.8. The lowest BCUT2D eigenvalue weighted by molar-refractivity contribution is 0.122. The first kappa shape index (κ1) is 23.5. The normalized spacial score (nSPS) is 20.2. The molecule has 3 fully saturated rings. The van der Waals surface area contributed by atoms with Gasteiger partial charge in [0, 0.05) is 56.7 Å². The molecule has 192 valence electrons. The Bertz CT molecular complexity index is 1140. The van der Waals surface area contributed by atoms with E-state index < -0.39 is 0 Å². The van der Waals surface area contributed by atoms with Gasteiger partial charge in [-0.05, 0) is 43.7 Å². The standard InChI is InChI=1S/C27H38N8O/c1-2-32-12-14-34(15-13-32)27-30-25(24-26(31-27)35(20-28-24)23-6-4-3-5-7-23)29-21-8-10-22(11-9-21)33-16-18-36-19-17-33/h8-11,20,23H,2-7,12-19H2,1H3,(H,29,30,31). The molecular weight excluding hydrogens is 452 g/mol. The molecule has 36 heavy (non-hydrogen) atoms. The number of imidazole rings is 1. The minimum Gasteiger partial charge on any atom is -0.378 e. The highest BCUT2D eigenvalue weighted by molar-refractivity contribution is 5.87. The van der Waals surface area contributed by atoms with Crippen molar-refractivity contribution in [1.29, 1.82) is 0 Å². The van der Waals surface area contributed by atoms with E-state index >= 15 is 0 Å². The van der Waals surface area contributed by atoms with Crippen molar-refractivity contribution in [2.45, 2.75) is 45.1 Å². The number of likely N-dealkylation sites (N-methyl/N-ethyl adjacent to an activating group) is 1. The molecule has 1 saturated carbocycles. The number of nitrogens with one attached hydrogen (secondary N) is 1. The van der Waals surface area contributed by atoms with Crippen LogP contribution in [0.1, 0.15) is 45.1 Å². The molecule has 0 spiro atoms. The molecule has 1 aliphatic carbocycles. The van der Waals surface area contributed by atoms with Crippen molar-refractivity contribution in [3.05, 3.63) is 30.6 Å². The Hall–Kier alpha value is -2.91. The molecule has 4 heterocycles. The number of rotatable bonds is 6. The zero-order chi connectivity index (χ0) is 24.3. The molecule has 0 unspecified atom stereocenters. The second-order valence-electron chi connectivity index (χ2n) is 10.2. The van der Waals surface area contributed by atoms with E-state index in [0.717, 1.165) is 87.6 Å². The van der Waals surface area contributed by atoms with Crippen LogP contribution in [0.15, 0.2) is 30.6 Å². The van der Waals surface area contributed by atoms with Crippen molar-refractivity contribution in [3.8, 4) is 0 Å². The van der Waals surface area contributed by atoms with Crippen LogP contribution in [0.4, 0.5) is 23.1 Å². The van der Waals surface area contributed by atoms with Gasteiger partial charge in [-0.25, -0.2) is 4.98 Å². The van der Waals surface area contributed by atoms with Crippen molar-refractivity contribution < 1.29 is 4.74 Å². The lowest BCUT2D eigenvalue weighted by Crippen LogP contribution is -2.46. The molecule has 0 amide bonds. The third-order valence-corrected chi connectivity index (χ3v) is 7.99. The van der Waals surface area contributed by atoms with E-state index in [1.165, 1.54) is 37.8 Å². The van der Waals surface area contributed by atoms with Gasteiger partial charge in [-0.1, -0.05) is 26.2 Å². The van der Waals surface area contributed by atoms with E-state index in [0.29, 0.717) is 6.04 Å². The fourth-order valence-electron chi connectivity index (χ4n) is 5.74. The summed E-state index contributed by atoms with van der Waals surface area (Å²) in [6.45, 7) is 10.8. The maximum absolute atomic E-state index is 5.50. The third-order valence-electron chi connectivity index (χ3n) is 7.99. The van der Waals surface area contributed by atoms with Gasteiger partial charge < -0.3 is 29.3 Å². The van der Waals surface area contributed by atoms with Gasteiger partial charge in [0.15, 0.2) is 17.0 Å². The van der Waals surface area contributed by atoms with Crippen LogP contribution >= 0.6 is 0 Å². The van der Waals surface area contributed by atoms with E-state index in [1.807, 2.05) is 6.33 Å². The molecule has 3 aliphatic rings. The van der Waals surface area contributed by atoms with E-state index in [2.05, 4.69) is 55.8 Å². The summed E-state index contributed by atoms with van der Waals surface area (Å²) in [6.07, 6.45) is 8.28. The molecule has 0 atom stereocenters. The zero-order valence-electron chi connectivity index (χ0n) is 21.4. The Labute approximate surface area is 213 Å². The first-order valence-electron chi connectivity index (χ1n) is 13.7. The predicted molar refractivity (Wildman–Crippen MR) is 145 cm³/mol. The van der Waals surface area contributed by atoms with Crippen LogP contribution < -0.4 is 15.1 Å². The highest BCUT2D eigenvalue weighted by atomic mass is 16.5. The summed E-state index contributed by atoms with van der Waals surface area (Å²) in [5.41, 5.74) is 4.06. The number of morpholine rings is 1. The molecule has 2 saturated heterocycles. The number of piperazine rings is 1. The van der Waals surface area contributed by atoms with Crippen LogP contribution in [-0.4, -0.2) is 83.4 Å². The van der Waals surface area contributed by atoms with Gasteiger partial charge in [0.05, 0.1) is 19.5 Å². The van der Waals surface area contributed by atoms with E-state index in [4.69, 9.17) is 19.7 Å². The number of nitrogens with zero attached hydrogens (tertiary/aromatic N) is 7. The van der Waals surface area contributed by atoms with Crippen molar-refractivity contribution in [2.24, 2.45) is 0 Å². The van der Waals surface area contributed by atoms with Crippen LogP contribution in [0, 0.1) is 0 Å². The maximum atomic E-state index is 5.50. The predicted octanol–water partition coefficient (Wildman–Crippen LogP) is 4.05. The Morgan fingerprint density at radius 2 is 1.64 bits per heavy atom. The van der Waals surface area contributed by atoms with Crippen molar-refractivity contribution in [1.82, 2.24) is 24.4 Å². The summed E-state index contributed by atoms with van der Waals surface area (Å²) in [4.78, 5) is 22.1. The summed E-state index contributed by atoms with van der Waals surface area (Å²) < 4.78 is 7.81. The first-order valence-corrected chi connectivity index (χ1v) is 13.7. The molecule has 3 aromatic rings. The maximum Gasteiger partial charge on any atom is 0.229 e. The van der Waals surface area contributed by atoms with Crippen molar-refractivity contribution in [2.75, 3.05) is 74.1 Å². The van der Waals surface area contributed by atoms with Crippen molar-refractivity contribution in [3.63, 3.8) is 0 Å². The third kappa shape index (κ3) is 4.86. The molecule has 0 bridgehead atoms. The molecule has 9 nitrogen and oxygen atoms in total. The second-order valence-corrected chi connectivity index (χ2v) is 10.2. The van der Waals surface area contributed by atoms with Crippen LogP contribution in [0.5, 0.6) is 0 Å². The highest BCUT2D eigenvalue weighted by Crippen LogP contribution is 2.33. The smallest absolute Gasteiger partial charge is 0.229 e. The van der Waals surface area contributed by atoms with Gasteiger partial charge in [0.2, 0.25) is 5.95 Å². The molecular formula is C27H38N8O. The SMILES string of the molecule is CCN1CCN(c2nc(Nc3ccc(N4CCOCC4)cc3)c3ncn(C4CCCCC4)c3n2)CC1. The summed E-state index contributed by atoms with van der Waals surface area (Å²) >= 11 is 0. The van der Waals surface area contributed by atoms with Gasteiger partial charge in [-0.15, -0.1) is 0 Å². The van der Waals surface area contributed by atoms with E-state index in [1.54, 1.807) is 0 Å². The minimum atomic E-state index is 0.476. The molecule has 6 rings (SSSR count). The monoisotopic (exact) mass is 490 g/mol. The van der Waals surface area contributed by atoms with E-state index in [-0.39, 0.29) is 0 Å². The summed E-state index contributed by atoms with van der Waals surface area (Å²) in [6, 6.07) is 9.10. The molecule has 2 aromatic heterocycles. The fourth-order valence-corrected chi connectivity index (χ4v) is 5.74. The number of anilines is 4. The molecule has 1 aromatic carbocycles. The number of hydrogen-bond donors (Lipinski definition) is 1. The Morgan fingerprint density at radius 3 is 2.36 bits per heavy atom. The van der Waals surface area contributed by atoms with Gasteiger partial charge in [0.25, 0.3) is 0 Å². The van der Waals surface area contributed by atoms with E-state index in [9.17, 15) is 0 Å². The van der Waals surface area contributed by atoms with Gasteiger partial charge in [-0.2, -0.15) is 9.97 Å². The lowest BCUT2D eigenvalue weighted by Gasteiger charge is -2.34. The summed E-state index contributed by atoms with van der Waals surface area (Å²) in [7, 11) is 0. The Kier molecular flexibility index (Phi) is 6.92. The fraction of sp³-hybridized carbons (Fsp3) is 0.593. The average molecular weight is 491 g/mol. The average Bonchev–Trinajstić information content (AvgIpc) is 3.39. The molecule has 9 heteroatoms. The molecule has 1 N–H and O–H groups in total. The Balaban J connectivity index is 1.31. The number of benzene rings is 1. The zero-order valence-corrected chi connectivity index (χ0v) is 21.4. The lowest BCUT2D eigenvalue weighted by atomic mass is 9.95. The number of hydrogen-bond acceptors (Lipinski definition) is 8. The van der Waals surface area contributed by atoms with Crippen LogP contribution in [0.2, 0.25) is 0 Å². The van der Waals surface area contributed by atoms with Crippen molar-refractivity contribution >= 4 is 34.3 Å². The van der Waals surface area contributed by atoms with Crippen LogP contribution in [0.25, 0.3) is 11.2 Å². The molecule has 0 radical (unpaired) electrons. The summed E-state index contributed by atoms with van der Waals surface area (Å²) in [5, 5.41) is 3.59. The van der Waals surface area contributed by atoms with Gasteiger partial charge >= 0.3 is 0 Å². The Morgan fingerprint density at radius 1 is 0.889 bits per heavy atom. The van der Waals surface area contributed by atoms with Gasteiger partial charge in [-0.3, -0.25) is 0 Å². The summed E-state index contributed by atoms with van der Waals surface area (Å²) in [5.74, 6) is 1.60. The largest absolute Gasteiger partial charge is 0.378 e. The number of aromatic nitrogens is 4. The second kappa shape index (κ2) is 10.6. The van der Waals surface area contributed by atoms with Gasteiger partial charge in [0.1, 0.15) is 0 Å². The van der Waals surface area contributed by atoms with Crippen LogP contribution in [-0.2, 0) is 4.74 Å². The quantitative estimate of drug-likeness (QED) is 0.555. The topological polar surface area (TPSA) is 74.6 Å². The number of ether oxygens (including phenoxy) is 1.